The van der Waals surface area contributed by atoms with Gasteiger partial charge >= 0.3 is 0 Å². The first-order chi connectivity index (χ1) is 10.2. The molecule has 0 radical (unpaired) electrons. The second-order valence-electron chi connectivity index (χ2n) is 6.46. The monoisotopic (exact) mass is 291 g/mol. The highest BCUT2D eigenvalue weighted by atomic mass is 16.3. The maximum Gasteiger partial charge on any atom is 0.218 e. The normalized spacial score (nSPS) is 14.0. The van der Waals surface area contributed by atoms with Crippen LogP contribution in [0.4, 0.5) is 0 Å². The van der Waals surface area contributed by atoms with Crippen LogP contribution in [0.15, 0.2) is 17.3 Å². The van der Waals surface area contributed by atoms with Crippen LogP contribution in [0.5, 0.6) is 0 Å². The quantitative estimate of drug-likeness (QED) is 0.410. The lowest BCUT2D eigenvalue weighted by atomic mass is 9.77. The zero-order valence-corrected chi connectivity index (χ0v) is 14.3. The lowest BCUT2D eigenvalue weighted by Gasteiger charge is -2.27. The standard InChI is InChI=1S/C19H33NO/c1-5-8-10-11-13-15-19(4,14-12-9-6-2)17-16-21-18(7-3)20-17/h7,16H,3,5-6,8-15H2,1-2,4H3. The van der Waals surface area contributed by atoms with Crippen LogP contribution >= 0.6 is 0 Å². The van der Waals surface area contributed by atoms with Crippen LogP contribution in [0.1, 0.15) is 96.6 Å². The second-order valence-corrected chi connectivity index (χ2v) is 6.46. The van der Waals surface area contributed by atoms with Gasteiger partial charge in [-0.2, -0.15) is 0 Å². The van der Waals surface area contributed by atoms with E-state index in [2.05, 4.69) is 32.3 Å². The molecule has 0 amide bonds. The van der Waals surface area contributed by atoms with Crippen LogP contribution in [-0.2, 0) is 5.41 Å². The predicted octanol–water partition coefficient (Wildman–Crippen LogP) is 6.52. The first-order valence-corrected chi connectivity index (χ1v) is 8.74. The van der Waals surface area contributed by atoms with Crippen LogP contribution < -0.4 is 0 Å². The van der Waals surface area contributed by atoms with Gasteiger partial charge in [-0.25, -0.2) is 4.98 Å². The molecule has 1 aromatic rings. The minimum absolute atomic E-state index is 0.159. The SMILES string of the molecule is C=Cc1nc(C(C)(CCCCC)CCCCCCC)co1. The summed E-state index contributed by atoms with van der Waals surface area (Å²) in [5.41, 5.74) is 1.27. The van der Waals surface area contributed by atoms with Gasteiger partial charge < -0.3 is 4.42 Å². The largest absolute Gasteiger partial charge is 0.445 e. The smallest absolute Gasteiger partial charge is 0.218 e. The molecule has 0 N–H and O–H groups in total. The fraction of sp³-hybridized carbons (Fsp3) is 0.737. The third-order valence-electron chi connectivity index (χ3n) is 4.48. The van der Waals surface area contributed by atoms with Crippen molar-refractivity contribution in [2.24, 2.45) is 0 Å². The summed E-state index contributed by atoms with van der Waals surface area (Å²) in [5, 5.41) is 0. The van der Waals surface area contributed by atoms with E-state index in [0.717, 1.165) is 5.69 Å². The average molecular weight is 291 g/mol. The molecule has 0 aliphatic carbocycles. The fourth-order valence-corrected chi connectivity index (χ4v) is 2.92. The molecular weight excluding hydrogens is 258 g/mol. The molecule has 2 nitrogen and oxygen atoms in total. The van der Waals surface area contributed by atoms with Gasteiger partial charge in [-0.05, 0) is 18.9 Å². The third-order valence-corrected chi connectivity index (χ3v) is 4.48. The van der Waals surface area contributed by atoms with Gasteiger partial charge in [0.25, 0.3) is 0 Å². The fourth-order valence-electron chi connectivity index (χ4n) is 2.92. The van der Waals surface area contributed by atoms with Gasteiger partial charge in [-0.15, -0.1) is 0 Å². The Morgan fingerprint density at radius 2 is 1.62 bits per heavy atom. The topological polar surface area (TPSA) is 26.0 Å². The molecule has 120 valence electrons. The van der Waals surface area contributed by atoms with Crippen molar-refractivity contribution in [2.75, 3.05) is 0 Å². The summed E-state index contributed by atoms with van der Waals surface area (Å²) in [5.74, 6) is 0.651. The second kappa shape index (κ2) is 9.81. The number of hydrogen-bond donors (Lipinski definition) is 0. The molecule has 0 bridgehead atoms. The lowest BCUT2D eigenvalue weighted by Crippen LogP contribution is -2.22. The molecule has 0 saturated carbocycles. The Hall–Kier alpha value is -1.05. The van der Waals surface area contributed by atoms with Crippen molar-refractivity contribution >= 4 is 6.08 Å². The first kappa shape index (κ1) is 18.0. The van der Waals surface area contributed by atoms with Crippen LogP contribution in [-0.4, -0.2) is 4.98 Å². The van der Waals surface area contributed by atoms with E-state index in [1.165, 1.54) is 64.2 Å². The van der Waals surface area contributed by atoms with Gasteiger partial charge in [0.15, 0.2) is 0 Å². The van der Waals surface area contributed by atoms with E-state index in [1.54, 1.807) is 6.08 Å². The van der Waals surface area contributed by atoms with Gasteiger partial charge in [-0.1, -0.05) is 78.7 Å². The number of unbranched alkanes of at least 4 members (excludes halogenated alkanes) is 6. The van der Waals surface area contributed by atoms with Crippen molar-refractivity contribution in [2.45, 2.75) is 90.4 Å². The predicted molar refractivity (Wildman–Crippen MR) is 91.5 cm³/mol. The van der Waals surface area contributed by atoms with Crippen molar-refractivity contribution in [3.63, 3.8) is 0 Å². The highest BCUT2D eigenvalue weighted by Crippen LogP contribution is 2.35. The maximum atomic E-state index is 5.48. The Balaban J connectivity index is 2.62. The molecule has 0 spiro atoms. The van der Waals surface area contributed by atoms with Gasteiger partial charge in [0.2, 0.25) is 5.89 Å². The van der Waals surface area contributed by atoms with Gasteiger partial charge in [0.05, 0.1) is 5.69 Å². The van der Waals surface area contributed by atoms with E-state index in [4.69, 9.17) is 4.42 Å². The van der Waals surface area contributed by atoms with E-state index in [-0.39, 0.29) is 5.41 Å². The molecule has 1 aromatic heterocycles. The molecule has 2 heteroatoms. The van der Waals surface area contributed by atoms with Crippen LogP contribution in [0.3, 0.4) is 0 Å². The van der Waals surface area contributed by atoms with Crippen molar-refractivity contribution in [1.29, 1.82) is 0 Å². The van der Waals surface area contributed by atoms with Crippen molar-refractivity contribution in [3.8, 4) is 0 Å². The average Bonchev–Trinajstić information content (AvgIpc) is 2.97. The van der Waals surface area contributed by atoms with Crippen molar-refractivity contribution in [1.82, 2.24) is 4.98 Å². The number of oxazole rings is 1. The van der Waals surface area contributed by atoms with E-state index in [1.807, 2.05) is 6.26 Å². The van der Waals surface area contributed by atoms with Crippen LogP contribution in [0.2, 0.25) is 0 Å². The molecule has 0 aliphatic heterocycles. The van der Waals surface area contributed by atoms with Crippen LogP contribution in [0.25, 0.3) is 6.08 Å². The number of rotatable bonds is 12. The summed E-state index contributed by atoms with van der Waals surface area (Å²) in [6.45, 7) is 10.6. The molecule has 1 heterocycles. The zero-order chi connectivity index (χ0) is 15.6. The summed E-state index contributed by atoms with van der Waals surface area (Å²) < 4.78 is 5.48. The highest BCUT2D eigenvalue weighted by Gasteiger charge is 2.28. The van der Waals surface area contributed by atoms with E-state index >= 15 is 0 Å². The summed E-state index contributed by atoms with van der Waals surface area (Å²) in [7, 11) is 0. The number of nitrogens with zero attached hydrogens (tertiary/aromatic N) is 1. The molecule has 21 heavy (non-hydrogen) atoms. The summed E-state index contributed by atoms with van der Waals surface area (Å²) in [4.78, 5) is 4.61. The minimum Gasteiger partial charge on any atom is -0.445 e. The molecule has 0 aliphatic rings. The van der Waals surface area contributed by atoms with Gasteiger partial charge in [0.1, 0.15) is 6.26 Å². The first-order valence-electron chi connectivity index (χ1n) is 8.74. The highest BCUT2D eigenvalue weighted by molar-refractivity contribution is 5.34. The Labute approximate surface area is 131 Å². The van der Waals surface area contributed by atoms with E-state index in [9.17, 15) is 0 Å². The van der Waals surface area contributed by atoms with Crippen molar-refractivity contribution < 1.29 is 4.42 Å². The maximum absolute atomic E-state index is 5.48. The zero-order valence-electron chi connectivity index (χ0n) is 14.3. The molecule has 0 aromatic carbocycles. The Morgan fingerprint density at radius 1 is 1.05 bits per heavy atom. The lowest BCUT2D eigenvalue weighted by molar-refractivity contribution is 0.355. The van der Waals surface area contributed by atoms with Gasteiger partial charge in [-0.3, -0.25) is 0 Å². The molecule has 0 saturated heterocycles. The summed E-state index contributed by atoms with van der Waals surface area (Å²) in [6.07, 6.45) is 16.4. The third kappa shape index (κ3) is 6.07. The molecule has 1 rings (SSSR count). The molecule has 1 atom stereocenters. The Morgan fingerprint density at radius 3 is 2.19 bits per heavy atom. The van der Waals surface area contributed by atoms with Gasteiger partial charge in [0, 0.05) is 5.41 Å². The minimum atomic E-state index is 0.159. The van der Waals surface area contributed by atoms with E-state index in [0.29, 0.717) is 5.89 Å². The molecule has 1 unspecified atom stereocenters. The Kier molecular flexibility index (Phi) is 8.41. The Bertz CT molecular complexity index is 396. The van der Waals surface area contributed by atoms with Crippen molar-refractivity contribution in [3.05, 3.63) is 24.4 Å². The molecular formula is C19H33NO. The molecule has 0 fully saturated rings. The summed E-state index contributed by atoms with van der Waals surface area (Å²) in [6, 6.07) is 0. The van der Waals surface area contributed by atoms with Crippen LogP contribution in [0, 0.1) is 0 Å². The summed E-state index contributed by atoms with van der Waals surface area (Å²) >= 11 is 0. The number of aromatic nitrogens is 1. The number of hydrogen-bond acceptors (Lipinski definition) is 2. The van der Waals surface area contributed by atoms with E-state index < -0.39 is 0 Å².